The molecule has 0 unspecified atom stereocenters. The van der Waals surface area contributed by atoms with E-state index in [1.807, 2.05) is 23.1 Å². The molecule has 1 saturated heterocycles. The van der Waals surface area contributed by atoms with Gasteiger partial charge in [-0.2, -0.15) is 0 Å². The molecule has 6 nitrogen and oxygen atoms in total. The first-order chi connectivity index (χ1) is 10.1. The lowest BCUT2D eigenvalue weighted by Crippen LogP contribution is -2.50. The van der Waals surface area contributed by atoms with Gasteiger partial charge in [-0.15, -0.1) is 0 Å². The highest BCUT2D eigenvalue weighted by Crippen LogP contribution is 2.24. The van der Waals surface area contributed by atoms with Crippen LogP contribution in [0.1, 0.15) is 18.4 Å². The maximum Gasteiger partial charge on any atom is 0.322 e. The van der Waals surface area contributed by atoms with Crippen molar-refractivity contribution in [1.82, 2.24) is 9.80 Å². The summed E-state index contributed by atoms with van der Waals surface area (Å²) in [5.74, 6) is 0. The predicted molar refractivity (Wildman–Crippen MR) is 80.0 cm³/mol. The van der Waals surface area contributed by atoms with Gasteiger partial charge in [0.05, 0.1) is 0 Å². The molecule has 0 aliphatic carbocycles. The Labute approximate surface area is 123 Å². The van der Waals surface area contributed by atoms with Gasteiger partial charge in [0.2, 0.25) is 0 Å². The second-order valence-corrected chi connectivity index (χ2v) is 5.59. The Balaban J connectivity index is 1.68. The number of anilines is 1. The number of nitrogens with zero attached hydrogens (tertiary/aromatic N) is 2. The molecule has 1 aromatic carbocycles. The number of fused-ring (bicyclic) bond motifs is 1. The molecule has 0 spiro atoms. The number of rotatable bonds is 1. The number of nitrogens with one attached hydrogen (secondary N) is 1. The quantitative estimate of drug-likeness (QED) is 0.823. The number of carbonyl (C=O) groups is 2. The minimum atomic E-state index is -0.374. The predicted octanol–water partition coefficient (Wildman–Crippen LogP) is 1.62. The van der Waals surface area contributed by atoms with Gasteiger partial charge in [0.1, 0.15) is 0 Å². The van der Waals surface area contributed by atoms with Crippen molar-refractivity contribution in [2.24, 2.45) is 5.73 Å². The second-order valence-electron chi connectivity index (χ2n) is 5.59. The van der Waals surface area contributed by atoms with Gasteiger partial charge in [0, 0.05) is 31.4 Å². The Bertz CT molecular complexity index is 552. The highest BCUT2D eigenvalue weighted by molar-refractivity contribution is 5.91. The first-order valence-corrected chi connectivity index (χ1v) is 7.35. The topological polar surface area (TPSA) is 78.7 Å². The average Bonchev–Trinajstić information content (AvgIpc) is 2.65. The normalized spacial score (nSPS) is 19.7. The van der Waals surface area contributed by atoms with Gasteiger partial charge in [0.15, 0.2) is 0 Å². The average molecular weight is 288 g/mol. The van der Waals surface area contributed by atoms with Crippen LogP contribution in [0, 0.1) is 0 Å². The smallest absolute Gasteiger partial charge is 0.322 e. The van der Waals surface area contributed by atoms with E-state index in [1.165, 1.54) is 5.56 Å². The molecule has 1 fully saturated rings. The molecule has 2 heterocycles. The van der Waals surface area contributed by atoms with Gasteiger partial charge in [-0.05, 0) is 30.9 Å². The molecule has 0 bridgehead atoms. The molecule has 2 aliphatic rings. The Morgan fingerprint density at radius 3 is 2.62 bits per heavy atom. The fourth-order valence-electron chi connectivity index (χ4n) is 3.14. The Morgan fingerprint density at radius 1 is 1.19 bits per heavy atom. The van der Waals surface area contributed by atoms with Gasteiger partial charge >= 0.3 is 12.1 Å². The molecule has 0 atom stereocenters. The van der Waals surface area contributed by atoms with E-state index >= 15 is 0 Å². The van der Waals surface area contributed by atoms with Crippen molar-refractivity contribution in [3.63, 3.8) is 0 Å². The molecular weight excluding hydrogens is 268 g/mol. The molecule has 3 N–H and O–H groups in total. The van der Waals surface area contributed by atoms with Gasteiger partial charge in [-0.25, -0.2) is 9.59 Å². The molecule has 1 aromatic rings. The summed E-state index contributed by atoms with van der Waals surface area (Å²) in [6, 6.07) is 7.67. The van der Waals surface area contributed by atoms with Gasteiger partial charge in [-0.3, -0.25) is 0 Å². The lowest BCUT2D eigenvalue weighted by atomic mass is 10.0. The molecule has 6 heteroatoms. The molecule has 0 radical (unpaired) electrons. The van der Waals surface area contributed by atoms with Crippen molar-refractivity contribution < 1.29 is 9.59 Å². The van der Waals surface area contributed by atoms with Crippen molar-refractivity contribution in [1.29, 1.82) is 0 Å². The number of para-hydroxylation sites is 1. The number of nitrogens with two attached hydrogens (primary N) is 1. The SMILES string of the molecule is NC(=O)N1CCC(N2CCc3ccccc3NC2=O)CC1. The summed E-state index contributed by atoms with van der Waals surface area (Å²) in [7, 11) is 0. The molecule has 21 heavy (non-hydrogen) atoms. The molecule has 3 rings (SSSR count). The number of urea groups is 2. The third kappa shape index (κ3) is 2.79. The Morgan fingerprint density at radius 2 is 1.90 bits per heavy atom. The van der Waals surface area contributed by atoms with E-state index < -0.39 is 0 Å². The van der Waals surface area contributed by atoms with Crippen LogP contribution in [-0.4, -0.2) is 47.5 Å². The summed E-state index contributed by atoms with van der Waals surface area (Å²) in [6.07, 6.45) is 2.42. The monoisotopic (exact) mass is 288 g/mol. The summed E-state index contributed by atoms with van der Waals surface area (Å²) < 4.78 is 0. The minimum Gasteiger partial charge on any atom is -0.351 e. The number of primary amides is 1. The fraction of sp³-hybridized carbons (Fsp3) is 0.467. The van der Waals surface area contributed by atoms with E-state index in [2.05, 4.69) is 11.4 Å². The Kier molecular flexibility index (Phi) is 3.68. The van der Waals surface area contributed by atoms with Gasteiger partial charge < -0.3 is 20.9 Å². The molecule has 112 valence electrons. The van der Waals surface area contributed by atoms with E-state index in [1.54, 1.807) is 4.90 Å². The van der Waals surface area contributed by atoms with Crippen LogP contribution in [0.15, 0.2) is 24.3 Å². The zero-order chi connectivity index (χ0) is 14.8. The standard InChI is InChI=1S/C15H20N4O2/c16-14(20)18-8-6-12(7-9-18)19-10-5-11-3-1-2-4-13(11)17-15(19)21/h1-4,12H,5-10H2,(H2,16,20)(H,17,21). The van der Waals surface area contributed by atoms with Crippen LogP contribution in [0.3, 0.4) is 0 Å². The maximum atomic E-state index is 12.4. The van der Waals surface area contributed by atoms with Crippen LogP contribution in [0.4, 0.5) is 15.3 Å². The first kappa shape index (κ1) is 13.7. The van der Waals surface area contributed by atoms with Gasteiger partial charge in [-0.1, -0.05) is 18.2 Å². The van der Waals surface area contributed by atoms with Gasteiger partial charge in [0.25, 0.3) is 0 Å². The minimum absolute atomic E-state index is 0.0440. The molecular formula is C15H20N4O2. The number of amides is 4. The van der Waals surface area contributed by atoms with Crippen molar-refractivity contribution in [3.05, 3.63) is 29.8 Å². The van der Waals surface area contributed by atoms with Crippen molar-refractivity contribution in [2.45, 2.75) is 25.3 Å². The number of hydrogen-bond acceptors (Lipinski definition) is 2. The van der Waals surface area contributed by atoms with E-state index in [4.69, 9.17) is 5.73 Å². The van der Waals surface area contributed by atoms with E-state index in [-0.39, 0.29) is 18.1 Å². The largest absolute Gasteiger partial charge is 0.351 e. The highest BCUT2D eigenvalue weighted by Gasteiger charge is 2.30. The fourth-order valence-corrected chi connectivity index (χ4v) is 3.14. The molecule has 4 amide bonds. The van der Waals surface area contributed by atoms with E-state index in [0.717, 1.165) is 24.9 Å². The summed E-state index contributed by atoms with van der Waals surface area (Å²) >= 11 is 0. The summed E-state index contributed by atoms with van der Waals surface area (Å²) in [6.45, 7) is 1.96. The number of likely N-dealkylation sites (tertiary alicyclic amines) is 1. The van der Waals surface area contributed by atoms with Crippen LogP contribution in [0.5, 0.6) is 0 Å². The summed E-state index contributed by atoms with van der Waals surface area (Å²) in [4.78, 5) is 27.1. The number of benzene rings is 1. The number of hydrogen-bond donors (Lipinski definition) is 2. The Hall–Kier alpha value is -2.24. The zero-order valence-corrected chi connectivity index (χ0v) is 11.9. The highest BCUT2D eigenvalue weighted by atomic mass is 16.2. The van der Waals surface area contributed by atoms with Crippen LogP contribution in [-0.2, 0) is 6.42 Å². The van der Waals surface area contributed by atoms with Crippen LogP contribution >= 0.6 is 0 Å². The maximum absolute atomic E-state index is 12.4. The first-order valence-electron chi connectivity index (χ1n) is 7.35. The van der Waals surface area contributed by atoms with Crippen molar-refractivity contribution in [3.8, 4) is 0 Å². The molecule has 0 aromatic heterocycles. The van der Waals surface area contributed by atoms with Crippen LogP contribution < -0.4 is 11.1 Å². The van der Waals surface area contributed by atoms with E-state index in [0.29, 0.717) is 19.6 Å². The van der Waals surface area contributed by atoms with Crippen LogP contribution in [0.2, 0.25) is 0 Å². The van der Waals surface area contributed by atoms with Crippen LogP contribution in [0.25, 0.3) is 0 Å². The summed E-state index contributed by atoms with van der Waals surface area (Å²) in [5, 5.41) is 2.99. The molecule has 0 saturated carbocycles. The van der Waals surface area contributed by atoms with E-state index in [9.17, 15) is 9.59 Å². The third-order valence-electron chi connectivity index (χ3n) is 4.36. The van der Waals surface area contributed by atoms with Crippen molar-refractivity contribution >= 4 is 17.7 Å². The lowest BCUT2D eigenvalue weighted by Gasteiger charge is -2.37. The molecule has 2 aliphatic heterocycles. The zero-order valence-electron chi connectivity index (χ0n) is 11.9. The lowest BCUT2D eigenvalue weighted by molar-refractivity contribution is 0.138. The third-order valence-corrected chi connectivity index (χ3v) is 4.36. The second kappa shape index (κ2) is 5.63. The number of piperidine rings is 1. The number of carbonyl (C=O) groups excluding carboxylic acids is 2. The summed E-state index contributed by atoms with van der Waals surface area (Å²) in [5.41, 5.74) is 7.37. The van der Waals surface area contributed by atoms with Crippen molar-refractivity contribution in [2.75, 3.05) is 25.0 Å².